The molecule has 2 aromatic carbocycles. The zero-order valence-electron chi connectivity index (χ0n) is 16.4. The van der Waals surface area contributed by atoms with Gasteiger partial charge in [0.1, 0.15) is 17.1 Å². The fraction of sp³-hybridized carbons (Fsp3) is 0.238. The van der Waals surface area contributed by atoms with Crippen LogP contribution in [-0.4, -0.2) is 42.0 Å². The van der Waals surface area contributed by atoms with Crippen molar-refractivity contribution in [3.8, 4) is 5.75 Å². The van der Waals surface area contributed by atoms with Crippen molar-refractivity contribution in [2.45, 2.75) is 13.0 Å². The molecule has 0 atom stereocenters. The van der Waals surface area contributed by atoms with E-state index in [4.69, 9.17) is 9.47 Å². The first-order valence-electron chi connectivity index (χ1n) is 9.31. The maximum atomic E-state index is 13.4. The minimum absolute atomic E-state index is 0.193. The number of nitro groups is 1. The van der Waals surface area contributed by atoms with Crippen LogP contribution in [0.3, 0.4) is 0 Å². The van der Waals surface area contributed by atoms with Crippen LogP contribution in [0.5, 0.6) is 5.75 Å². The molecular weight excluding hydrogens is 390 g/mol. The van der Waals surface area contributed by atoms with E-state index < -0.39 is 10.9 Å². The van der Waals surface area contributed by atoms with Crippen molar-refractivity contribution in [3.05, 3.63) is 63.2 Å². The van der Waals surface area contributed by atoms with Gasteiger partial charge in [0.05, 0.1) is 30.2 Å². The molecule has 1 aromatic heterocycles. The van der Waals surface area contributed by atoms with Crippen LogP contribution in [0, 0.1) is 10.1 Å². The molecule has 0 saturated heterocycles. The Morgan fingerprint density at radius 2 is 1.90 bits per heavy atom. The van der Waals surface area contributed by atoms with Crippen molar-refractivity contribution in [2.75, 3.05) is 26.1 Å². The third kappa shape index (κ3) is 3.04. The van der Waals surface area contributed by atoms with Gasteiger partial charge in [-0.3, -0.25) is 14.9 Å². The van der Waals surface area contributed by atoms with E-state index in [0.29, 0.717) is 46.7 Å². The van der Waals surface area contributed by atoms with Gasteiger partial charge in [-0.2, -0.15) is 0 Å². The summed E-state index contributed by atoms with van der Waals surface area (Å²) in [5.74, 6) is 0.129. The highest BCUT2D eigenvalue weighted by atomic mass is 16.6. The van der Waals surface area contributed by atoms with Crippen LogP contribution >= 0.6 is 0 Å². The Balaban J connectivity index is 1.99. The number of carbonyl (C=O) groups is 2. The van der Waals surface area contributed by atoms with E-state index in [2.05, 4.69) is 5.32 Å². The van der Waals surface area contributed by atoms with Crippen molar-refractivity contribution < 1.29 is 24.0 Å². The predicted molar refractivity (Wildman–Crippen MR) is 109 cm³/mol. The van der Waals surface area contributed by atoms with E-state index in [0.717, 1.165) is 13.5 Å². The highest BCUT2D eigenvalue weighted by Crippen LogP contribution is 2.38. The summed E-state index contributed by atoms with van der Waals surface area (Å²) >= 11 is 0. The van der Waals surface area contributed by atoms with Gasteiger partial charge < -0.3 is 19.4 Å². The standard InChI is InChI=1S/C21H19N3O6/c1-29-13-6-4-12(5-7-13)19(25)18-14-10-15(21(26)30-2)17(24(27)28)11-16(14)23-9-3-8-22-20(18)23/h4-7,10-11,22H,3,8-9H2,1-2H3. The minimum Gasteiger partial charge on any atom is -0.497 e. The first-order chi connectivity index (χ1) is 14.5. The van der Waals surface area contributed by atoms with Crippen LogP contribution in [0.2, 0.25) is 0 Å². The number of nitrogens with zero attached hydrogens (tertiary/aromatic N) is 2. The lowest BCUT2D eigenvalue weighted by molar-refractivity contribution is -0.385. The summed E-state index contributed by atoms with van der Waals surface area (Å²) < 4.78 is 11.7. The Morgan fingerprint density at radius 3 is 2.53 bits per heavy atom. The molecular formula is C21H19N3O6. The van der Waals surface area contributed by atoms with Gasteiger partial charge in [0.15, 0.2) is 5.78 Å². The molecule has 0 aliphatic carbocycles. The predicted octanol–water partition coefficient (Wildman–Crippen LogP) is 3.39. The monoisotopic (exact) mass is 409 g/mol. The molecule has 0 fully saturated rings. The number of ketones is 1. The van der Waals surface area contributed by atoms with Crippen molar-refractivity contribution in [2.24, 2.45) is 0 Å². The summed E-state index contributed by atoms with van der Waals surface area (Å²) in [4.78, 5) is 36.6. The number of aryl methyl sites for hydroxylation is 1. The zero-order chi connectivity index (χ0) is 21.4. The average molecular weight is 409 g/mol. The normalized spacial score (nSPS) is 12.7. The van der Waals surface area contributed by atoms with E-state index in [1.807, 2.05) is 4.57 Å². The number of nitro benzene ring substituents is 1. The Labute approximate surface area is 171 Å². The van der Waals surface area contributed by atoms with Crippen molar-refractivity contribution >= 4 is 34.2 Å². The molecule has 9 nitrogen and oxygen atoms in total. The number of hydrogen-bond donors (Lipinski definition) is 1. The lowest BCUT2D eigenvalue weighted by atomic mass is 9.99. The highest BCUT2D eigenvalue weighted by molar-refractivity contribution is 6.21. The quantitative estimate of drug-likeness (QED) is 0.297. The molecule has 0 amide bonds. The lowest BCUT2D eigenvalue weighted by Crippen LogP contribution is -2.18. The van der Waals surface area contributed by atoms with Gasteiger partial charge in [0.25, 0.3) is 5.69 Å². The molecule has 30 heavy (non-hydrogen) atoms. The van der Waals surface area contributed by atoms with E-state index in [9.17, 15) is 19.7 Å². The second kappa shape index (κ2) is 7.51. The first-order valence-corrected chi connectivity index (χ1v) is 9.31. The molecule has 1 aliphatic heterocycles. The Bertz CT molecular complexity index is 1180. The summed E-state index contributed by atoms with van der Waals surface area (Å²) in [7, 11) is 2.70. The fourth-order valence-corrected chi connectivity index (χ4v) is 3.78. The third-order valence-corrected chi connectivity index (χ3v) is 5.21. The van der Waals surface area contributed by atoms with Gasteiger partial charge in [0, 0.05) is 30.1 Å². The number of esters is 1. The number of ether oxygens (including phenoxy) is 2. The lowest BCUT2D eigenvalue weighted by Gasteiger charge is -2.19. The van der Waals surface area contributed by atoms with E-state index in [1.165, 1.54) is 12.1 Å². The molecule has 154 valence electrons. The highest BCUT2D eigenvalue weighted by Gasteiger charge is 2.30. The summed E-state index contributed by atoms with van der Waals surface area (Å²) in [5, 5.41) is 15.3. The van der Waals surface area contributed by atoms with Gasteiger partial charge in [-0.1, -0.05) is 0 Å². The number of hydrogen-bond acceptors (Lipinski definition) is 7. The zero-order valence-corrected chi connectivity index (χ0v) is 16.4. The van der Waals surface area contributed by atoms with Crippen LogP contribution in [0.4, 0.5) is 11.5 Å². The maximum Gasteiger partial charge on any atom is 0.344 e. The van der Waals surface area contributed by atoms with Crippen LogP contribution < -0.4 is 10.1 Å². The van der Waals surface area contributed by atoms with Crippen LogP contribution in [-0.2, 0) is 11.3 Å². The number of methoxy groups -OCH3 is 2. The number of rotatable bonds is 5. The average Bonchev–Trinajstić information content (AvgIpc) is 3.10. The summed E-state index contributed by atoms with van der Waals surface area (Å²) in [5.41, 5.74) is 0.783. The molecule has 2 heterocycles. The number of benzene rings is 2. The Kier molecular flexibility index (Phi) is 4.86. The second-order valence-corrected chi connectivity index (χ2v) is 6.85. The SMILES string of the molecule is COC(=O)c1cc2c(C(=O)c3ccc(OC)cc3)c3n(c2cc1[N+](=O)[O-])CCCN3. The van der Waals surface area contributed by atoms with Crippen molar-refractivity contribution in [3.63, 3.8) is 0 Å². The second-order valence-electron chi connectivity index (χ2n) is 6.85. The molecule has 9 heteroatoms. The summed E-state index contributed by atoms with van der Waals surface area (Å²) in [6, 6.07) is 9.41. The molecule has 0 unspecified atom stereocenters. The van der Waals surface area contributed by atoms with Gasteiger partial charge in [0.2, 0.25) is 0 Å². The fourth-order valence-electron chi connectivity index (χ4n) is 3.78. The van der Waals surface area contributed by atoms with Gasteiger partial charge in [-0.25, -0.2) is 4.79 Å². The molecule has 0 spiro atoms. The molecule has 0 saturated carbocycles. The smallest absolute Gasteiger partial charge is 0.344 e. The number of carbonyl (C=O) groups excluding carboxylic acids is 2. The number of fused-ring (bicyclic) bond motifs is 3. The Morgan fingerprint density at radius 1 is 1.17 bits per heavy atom. The van der Waals surface area contributed by atoms with Crippen molar-refractivity contribution in [1.29, 1.82) is 0 Å². The first kappa shape index (κ1) is 19.4. The summed E-state index contributed by atoms with van der Waals surface area (Å²) in [6.45, 7) is 1.27. The van der Waals surface area contributed by atoms with Gasteiger partial charge in [-0.15, -0.1) is 0 Å². The van der Waals surface area contributed by atoms with Crippen LogP contribution in [0.15, 0.2) is 36.4 Å². The Hall–Kier alpha value is -3.88. The van der Waals surface area contributed by atoms with E-state index in [-0.39, 0.29) is 17.0 Å². The molecule has 1 aliphatic rings. The van der Waals surface area contributed by atoms with E-state index in [1.54, 1.807) is 31.4 Å². The topological polar surface area (TPSA) is 113 Å². The van der Waals surface area contributed by atoms with Crippen molar-refractivity contribution in [1.82, 2.24) is 4.57 Å². The molecule has 0 radical (unpaired) electrons. The van der Waals surface area contributed by atoms with Gasteiger partial charge >= 0.3 is 5.97 Å². The minimum atomic E-state index is -0.830. The summed E-state index contributed by atoms with van der Waals surface area (Å²) in [6.07, 6.45) is 0.805. The number of anilines is 1. The van der Waals surface area contributed by atoms with Gasteiger partial charge in [-0.05, 0) is 36.8 Å². The number of aromatic nitrogens is 1. The number of nitrogens with one attached hydrogen (secondary N) is 1. The molecule has 1 N–H and O–H groups in total. The van der Waals surface area contributed by atoms with Crippen LogP contribution in [0.25, 0.3) is 10.9 Å². The van der Waals surface area contributed by atoms with E-state index >= 15 is 0 Å². The molecule has 0 bridgehead atoms. The molecule has 3 aromatic rings. The third-order valence-electron chi connectivity index (χ3n) is 5.21. The molecule has 4 rings (SSSR count). The maximum absolute atomic E-state index is 13.4. The van der Waals surface area contributed by atoms with Crippen LogP contribution in [0.1, 0.15) is 32.7 Å². The largest absolute Gasteiger partial charge is 0.497 e.